The minimum Gasteiger partial charge on any atom is -0.311 e. The van der Waals surface area contributed by atoms with Gasteiger partial charge in [-0.15, -0.1) is 0 Å². The zero-order chi connectivity index (χ0) is 13.1. The molecule has 1 rings (SSSR count). The van der Waals surface area contributed by atoms with Crippen molar-refractivity contribution in [3.05, 3.63) is 0 Å². The average molecular weight is 262 g/mol. The van der Waals surface area contributed by atoms with Crippen LogP contribution in [0.4, 0.5) is 0 Å². The van der Waals surface area contributed by atoms with Gasteiger partial charge in [0, 0.05) is 31.7 Å². The average Bonchev–Trinajstić information content (AvgIpc) is 2.28. The van der Waals surface area contributed by atoms with Crippen LogP contribution >= 0.6 is 0 Å². The molecule has 0 aromatic heterocycles. The maximum Gasteiger partial charge on any atom is 0.153 e. The molecular formula is C12H26N2O2S. The highest BCUT2D eigenvalue weighted by molar-refractivity contribution is 7.92. The first-order chi connectivity index (χ1) is 7.86. The molecular weight excluding hydrogens is 236 g/mol. The third-order valence-corrected chi connectivity index (χ3v) is 5.84. The smallest absolute Gasteiger partial charge is 0.153 e. The molecule has 1 saturated heterocycles. The number of rotatable bonds is 5. The number of piperazine rings is 1. The Balaban J connectivity index is 2.50. The summed E-state index contributed by atoms with van der Waals surface area (Å²) in [6.45, 7) is 10.4. The van der Waals surface area contributed by atoms with E-state index in [4.69, 9.17) is 0 Å². The highest BCUT2D eigenvalue weighted by atomic mass is 32.2. The van der Waals surface area contributed by atoms with E-state index in [0.717, 1.165) is 19.5 Å². The molecule has 1 aliphatic heterocycles. The summed E-state index contributed by atoms with van der Waals surface area (Å²) in [5.41, 5.74) is 0. The number of nitrogens with one attached hydrogen (secondary N) is 1. The SMILES string of the molecule is CCC1CN(CCS(=O)(=O)C(C)C)C(C)CN1. The molecule has 0 aromatic carbocycles. The molecule has 1 heterocycles. The van der Waals surface area contributed by atoms with Gasteiger partial charge in [-0.25, -0.2) is 8.42 Å². The summed E-state index contributed by atoms with van der Waals surface area (Å²) in [6.07, 6.45) is 1.10. The van der Waals surface area contributed by atoms with Crippen LogP contribution in [0.25, 0.3) is 0 Å². The minimum absolute atomic E-state index is 0.261. The summed E-state index contributed by atoms with van der Waals surface area (Å²) >= 11 is 0. The van der Waals surface area contributed by atoms with Crippen molar-refractivity contribution in [2.45, 2.75) is 51.4 Å². The Hall–Kier alpha value is -0.130. The van der Waals surface area contributed by atoms with Gasteiger partial charge in [0.15, 0.2) is 9.84 Å². The maximum absolute atomic E-state index is 11.8. The fraction of sp³-hybridized carbons (Fsp3) is 1.00. The van der Waals surface area contributed by atoms with Crippen LogP contribution in [0, 0.1) is 0 Å². The fourth-order valence-electron chi connectivity index (χ4n) is 2.06. The van der Waals surface area contributed by atoms with E-state index in [9.17, 15) is 8.42 Å². The largest absolute Gasteiger partial charge is 0.311 e. The first-order valence-electron chi connectivity index (χ1n) is 6.55. The topological polar surface area (TPSA) is 49.4 Å². The molecule has 0 aliphatic carbocycles. The van der Waals surface area contributed by atoms with E-state index >= 15 is 0 Å². The van der Waals surface area contributed by atoms with E-state index in [0.29, 0.717) is 18.6 Å². The molecule has 1 fully saturated rings. The van der Waals surface area contributed by atoms with Gasteiger partial charge in [-0.05, 0) is 27.2 Å². The van der Waals surface area contributed by atoms with Gasteiger partial charge in [-0.3, -0.25) is 4.90 Å². The Morgan fingerprint density at radius 1 is 1.41 bits per heavy atom. The van der Waals surface area contributed by atoms with Crippen molar-refractivity contribution in [3.8, 4) is 0 Å². The second-order valence-corrected chi connectivity index (χ2v) is 7.95. The molecule has 1 aliphatic rings. The highest BCUT2D eigenvalue weighted by Gasteiger charge is 2.25. The van der Waals surface area contributed by atoms with Crippen molar-refractivity contribution in [2.75, 3.05) is 25.4 Å². The van der Waals surface area contributed by atoms with Gasteiger partial charge in [0.1, 0.15) is 0 Å². The summed E-state index contributed by atoms with van der Waals surface area (Å²) in [5.74, 6) is 0.283. The van der Waals surface area contributed by atoms with Crippen LogP contribution in [-0.4, -0.2) is 56.0 Å². The van der Waals surface area contributed by atoms with E-state index in [1.807, 2.05) is 0 Å². The van der Waals surface area contributed by atoms with Crippen LogP contribution in [0.1, 0.15) is 34.1 Å². The van der Waals surface area contributed by atoms with E-state index in [1.54, 1.807) is 13.8 Å². The van der Waals surface area contributed by atoms with Crippen molar-refractivity contribution in [3.63, 3.8) is 0 Å². The third-order valence-electron chi connectivity index (χ3n) is 3.65. The molecule has 102 valence electrons. The highest BCUT2D eigenvalue weighted by Crippen LogP contribution is 2.10. The quantitative estimate of drug-likeness (QED) is 0.799. The van der Waals surface area contributed by atoms with Gasteiger partial charge in [0.25, 0.3) is 0 Å². The van der Waals surface area contributed by atoms with Crippen LogP contribution in [0.2, 0.25) is 0 Å². The predicted octanol–water partition coefficient (Wildman–Crippen LogP) is 0.882. The Bertz CT molecular complexity index is 327. The summed E-state index contributed by atoms with van der Waals surface area (Å²) in [6, 6.07) is 0.938. The van der Waals surface area contributed by atoms with Crippen molar-refractivity contribution < 1.29 is 8.42 Å². The molecule has 0 radical (unpaired) electrons. The third kappa shape index (κ3) is 4.23. The summed E-state index contributed by atoms with van der Waals surface area (Å²) < 4.78 is 23.6. The van der Waals surface area contributed by atoms with Gasteiger partial charge < -0.3 is 5.32 Å². The Kier molecular flexibility index (Phi) is 5.41. The lowest BCUT2D eigenvalue weighted by molar-refractivity contribution is 0.147. The van der Waals surface area contributed by atoms with Crippen molar-refractivity contribution in [1.82, 2.24) is 10.2 Å². The number of sulfone groups is 1. The lowest BCUT2D eigenvalue weighted by Crippen LogP contribution is -2.56. The van der Waals surface area contributed by atoms with Crippen molar-refractivity contribution in [1.29, 1.82) is 0 Å². The molecule has 4 nitrogen and oxygen atoms in total. The molecule has 2 unspecified atom stereocenters. The molecule has 0 amide bonds. The Labute approximate surface area is 106 Å². The Morgan fingerprint density at radius 2 is 2.06 bits per heavy atom. The van der Waals surface area contributed by atoms with Crippen molar-refractivity contribution in [2.24, 2.45) is 0 Å². The van der Waals surface area contributed by atoms with E-state index < -0.39 is 9.84 Å². The zero-order valence-corrected chi connectivity index (χ0v) is 12.3. The van der Waals surface area contributed by atoms with E-state index in [1.165, 1.54) is 0 Å². The monoisotopic (exact) mass is 262 g/mol. The molecule has 5 heteroatoms. The standard InChI is InChI=1S/C12H26N2O2S/c1-5-12-9-14(11(4)8-13-12)6-7-17(15,16)10(2)3/h10-13H,5-9H2,1-4H3. The summed E-state index contributed by atoms with van der Waals surface area (Å²) in [4.78, 5) is 2.30. The van der Waals surface area contributed by atoms with Crippen LogP contribution in [0.15, 0.2) is 0 Å². The van der Waals surface area contributed by atoms with Crippen LogP contribution < -0.4 is 5.32 Å². The van der Waals surface area contributed by atoms with E-state index in [2.05, 4.69) is 24.1 Å². The van der Waals surface area contributed by atoms with Crippen molar-refractivity contribution >= 4 is 9.84 Å². The second kappa shape index (κ2) is 6.16. The van der Waals surface area contributed by atoms with Gasteiger partial charge >= 0.3 is 0 Å². The van der Waals surface area contributed by atoms with Crippen LogP contribution in [0.5, 0.6) is 0 Å². The van der Waals surface area contributed by atoms with E-state index in [-0.39, 0.29) is 11.0 Å². The summed E-state index contributed by atoms with van der Waals surface area (Å²) in [7, 11) is -2.91. The molecule has 0 bridgehead atoms. The maximum atomic E-state index is 11.8. The lowest BCUT2D eigenvalue weighted by Gasteiger charge is -2.38. The van der Waals surface area contributed by atoms with Gasteiger partial charge in [0.05, 0.1) is 11.0 Å². The van der Waals surface area contributed by atoms with Crippen LogP contribution in [0.3, 0.4) is 0 Å². The molecule has 17 heavy (non-hydrogen) atoms. The van der Waals surface area contributed by atoms with Crippen LogP contribution in [-0.2, 0) is 9.84 Å². The molecule has 1 N–H and O–H groups in total. The number of hydrogen-bond donors (Lipinski definition) is 1. The molecule has 2 atom stereocenters. The normalized spacial score (nSPS) is 27.6. The van der Waals surface area contributed by atoms with Gasteiger partial charge in [-0.2, -0.15) is 0 Å². The molecule has 0 saturated carbocycles. The fourth-order valence-corrected chi connectivity index (χ4v) is 3.02. The molecule has 0 spiro atoms. The minimum atomic E-state index is -2.91. The second-order valence-electron chi connectivity index (χ2n) is 5.27. The lowest BCUT2D eigenvalue weighted by atomic mass is 10.1. The number of hydrogen-bond acceptors (Lipinski definition) is 4. The zero-order valence-electron chi connectivity index (χ0n) is 11.4. The predicted molar refractivity (Wildman–Crippen MR) is 72.0 cm³/mol. The van der Waals surface area contributed by atoms with Gasteiger partial charge in [-0.1, -0.05) is 6.92 Å². The van der Waals surface area contributed by atoms with Gasteiger partial charge in [0.2, 0.25) is 0 Å². The first kappa shape index (κ1) is 14.9. The first-order valence-corrected chi connectivity index (χ1v) is 8.27. The molecule has 0 aromatic rings. The number of nitrogens with zero attached hydrogens (tertiary/aromatic N) is 1. The summed E-state index contributed by atoms with van der Waals surface area (Å²) in [5, 5.41) is 3.22. The Morgan fingerprint density at radius 3 is 2.59 bits per heavy atom.